The second-order valence-corrected chi connectivity index (χ2v) is 19.9. The van der Waals surface area contributed by atoms with Crippen LogP contribution in [-0.4, -0.2) is 98.9 Å². The number of thiazole rings is 1. The van der Waals surface area contributed by atoms with Crippen molar-refractivity contribution in [3.8, 4) is 10.4 Å². The molecule has 16 nitrogen and oxygen atoms in total. The molecule has 0 bridgehead atoms. The number of hydrogen-bond acceptors (Lipinski definition) is 12. The van der Waals surface area contributed by atoms with Crippen molar-refractivity contribution in [2.24, 2.45) is 5.41 Å². The number of carbonyl (C=O) groups is 5. The molecule has 0 spiro atoms. The highest BCUT2D eigenvalue weighted by Gasteiger charge is 2.45. The molecule has 2 fully saturated rings. The highest BCUT2D eigenvalue weighted by molar-refractivity contribution is 7.13. The number of nitrogens with zero attached hydrogens (tertiary/aromatic N) is 6. The first kappa shape index (κ1) is 47.8. The molecule has 8 rings (SSSR count). The summed E-state index contributed by atoms with van der Waals surface area (Å²) in [5, 5.41) is 22.7. The maximum Gasteiger partial charge on any atom is 0.260 e. The fourth-order valence-electron chi connectivity index (χ4n) is 9.28. The van der Waals surface area contributed by atoms with Crippen LogP contribution in [0.5, 0.6) is 0 Å². The molecular weight excluding hydrogens is 881 g/mol. The van der Waals surface area contributed by atoms with Crippen LogP contribution in [0.2, 0.25) is 0 Å². The Morgan fingerprint density at radius 1 is 0.926 bits per heavy atom. The van der Waals surface area contributed by atoms with Gasteiger partial charge in [-0.1, -0.05) is 70.0 Å². The highest BCUT2D eigenvalue weighted by Crippen LogP contribution is 2.43. The summed E-state index contributed by atoms with van der Waals surface area (Å²) in [6.07, 6.45) is 5.43. The normalized spacial score (nSPS) is 18.0. The summed E-state index contributed by atoms with van der Waals surface area (Å²) < 4.78 is 0. The number of anilines is 5. The van der Waals surface area contributed by atoms with Gasteiger partial charge in [0, 0.05) is 50.3 Å². The summed E-state index contributed by atoms with van der Waals surface area (Å²) >= 11 is 1.57. The average Bonchev–Trinajstić information content (AvgIpc) is 4.10. The van der Waals surface area contributed by atoms with E-state index in [2.05, 4.69) is 36.1 Å². The Balaban J connectivity index is 0.831. The Morgan fingerprint density at radius 2 is 1.65 bits per heavy atom. The van der Waals surface area contributed by atoms with Crippen LogP contribution in [0.15, 0.2) is 84.5 Å². The van der Waals surface area contributed by atoms with E-state index in [1.807, 2.05) is 88.7 Å². The first-order chi connectivity index (χ1) is 32.6. The van der Waals surface area contributed by atoms with Gasteiger partial charge in [-0.15, -0.1) is 11.3 Å². The van der Waals surface area contributed by atoms with Gasteiger partial charge in [0.25, 0.3) is 11.8 Å². The lowest BCUT2D eigenvalue weighted by atomic mass is 9.85. The molecule has 1 saturated carbocycles. The minimum absolute atomic E-state index is 0.0307. The van der Waals surface area contributed by atoms with E-state index in [-0.39, 0.29) is 61.6 Å². The van der Waals surface area contributed by atoms with Crippen molar-refractivity contribution in [3.05, 3.63) is 107 Å². The van der Waals surface area contributed by atoms with Crippen LogP contribution in [-0.2, 0) is 14.4 Å². The third-order valence-electron chi connectivity index (χ3n) is 13.1. The Bertz CT molecular complexity index is 2660. The van der Waals surface area contributed by atoms with Gasteiger partial charge in [-0.25, -0.2) is 9.97 Å². The van der Waals surface area contributed by atoms with Crippen LogP contribution in [0, 0.1) is 12.3 Å². The van der Waals surface area contributed by atoms with E-state index in [4.69, 9.17) is 4.98 Å². The second kappa shape index (κ2) is 20.2. The smallest absolute Gasteiger partial charge is 0.260 e. The molecule has 0 radical (unpaired) electrons. The molecule has 2 aromatic heterocycles. The van der Waals surface area contributed by atoms with Crippen LogP contribution in [0.4, 0.5) is 28.8 Å². The zero-order valence-electron chi connectivity index (χ0n) is 39.4. The largest absolute Gasteiger partial charge is 0.391 e. The number of aliphatic hydroxyl groups is 1. The van der Waals surface area contributed by atoms with E-state index in [1.54, 1.807) is 53.7 Å². The molecule has 356 valence electrons. The molecule has 3 aromatic carbocycles. The van der Waals surface area contributed by atoms with Gasteiger partial charge in [0.05, 0.1) is 45.7 Å². The molecule has 4 atom stereocenters. The van der Waals surface area contributed by atoms with Crippen molar-refractivity contribution in [2.75, 3.05) is 35.3 Å². The summed E-state index contributed by atoms with van der Waals surface area (Å²) in [5.41, 5.74) is 7.16. The number of β-amino-alcohol motifs (C(OH)–C–C–N with tert-alkyl or cyclic N) is 1. The molecule has 5 aromatic rings. The maximum atomic E-state index is 14.2. The molecule has 17 heteroatoms. The number of likely N-dealkylation sites (tertiary alicyclic amines) is 1. The Morgan fingerprint density at radius 3 is 2.34 bits per heavy atom. The van der Waals surface area contributed by atoms with Crippen LogP contribution < -0.4 is 31.1 Å². The topological polar surface area (TPSA) is 202 Å². The number of aryl methyl sites for hydroxylation is 1. The number of carbonyl (C=O) groups excluding carboxylic acids is 5. The van der Waals surface area contributed by atoms with Gasteiger partial charge in [-0.2, -0.15) is 4.98 Å². The number of nitrogens with one attached hydrogen (secondary N) is 4. The molecule has 5 N–H and O–H groups in total. The fourth-order valence-corrected chi connectivity index (χ4v) is 10.1. The van der Waals surface area contributed by atoms with Gasteiger partial charge in [0.1, 0.15) is 17.8 Å². The Kier molecular flexibility index (Phi) is 14.2. The number of aromatic nitrogens is 3. The monoisotopic (exact) mass is 940 g/mol. The van der Waals surface area contributed by atoms with Crippen molar-refractivity contribution in [2.45, 2.75) is 110 Å². The second-order valence-electron chi connectivity index (χ2n) is 19.0. The molecule has 3 aliphatic rings. The lowest BCUT2D eigenvalue weighted by Gasteiger charge is -2.35. The number of aliphatic hydroxyl groups excluding tert-OH is 1. The third-order valence-corrected chi connectivity index (χ3v) is 14.0. The standard InChI is InChI=1S/C51H60N10O6S/c1-30(32-17-19-33(20-18-32)43-31(2)54-29-68-43)55-47(65)40-26-37(62)28-60(40)49(67)44(51(3,4)5)57-42(63)16-11-25-52-46(64)34-21-23-35(24-22-34)56-50-53-27-41-45(58-50)61(36-12-7-8-13-36)39-15-10-9-14-38(39)48(66)59(41)6/h9-10,14-15,17-24,27,29-30,36-37,40,44,62H,7-8,11-13,16,25-26,28H2,1-6H3,(H,52,64)(H,55,65)(H,57,63)(H,53,56,58)/t30-,37+,40-,44+/m0/s1. The van der Waals surface area contributed by atoms with Crippen LogP contribution in [0.1, 0.15) is 111 Å². The van der Waals surface area contributed by atoms with Gasteiger partial charge in [-0.05, 0) is 86.1 Å². The zero-order valence-corrected chi connectivity index (χ0v) is 40.2. The SMILES string of the molecule is Cc1ncsc1-c1ccc([C@H](C)NC(=O)[C@@H]2C[C@@H](O)CN2C(=O)[C@@H](NC(=O)CCCNC(=O)c2ccc(Nc3ncc4c(n3)N(C3CCCC3)c3ccccc3C(=O)N4C)cc2)C(C)(C)C)cc1. The minimum atomic E-state index is -0.970. The number of para-hydroxylation sites is 1. The van der Waals surface area contributed by atoms with E-state index >= 15 is 0 Å². The summed E-state index contributed by atoms with van der Waals surface area (Å²) in [5.74, 6) is -0.611. The molecule has 2 aliphatic heterocycles. The lowest BCUT2D eigenvalue weighted by Crippen LogP contribution is -2.57. The van der Waals surface area contributed by atoms with Gasteiger partial charge >= 0.3 is 0 Å². The van der Waals surface area contributed by atoms with Crippen LogP contribution in [0.25, 0.3) is 10.4 Å². The molecule has 5 amide bonds. The van der Waals surface area contributed by atoms with Gasteiger partial charge in [0.15, 0.2) is 5.82 Å². The van der Waals surface area contributed by atoms with E-state index in [9.17, 15) is 29.1 Å². The maximum absolute atomic E-state index is 14.2. The average molecular weight is 941 g/mol. The van der Waals surface area contributed by atoms with Crippen molar-refractivity contribution in [1.29, 1.82) is 0 Å². The van der Waals surface area contributed by atoms with Gasteiger partial charge in [0.2, 0.25) is 23.7 Å². The molecule has 1 aliphatic carbocycles. The number of hydrogen-bond donors (Lipinski definition) is 5. The first-order valence-corrected chi connectivity index (χ1v) is 24.2. The van der Waals surface area contributed by atoms with Crippen molar-refractivity contribution in [1.82, 2.24) is 35.8 Å². The number of benzene rings is 3. The number of amides is 5. The predicted octanol–water partition coefficient (Wildman–Crippen LogP) is 7.20. The molecule has 1 saturated heterocycles. The van der Waals surface area contributed by atoms with Crippen molar-refractivity contribution in [3.63, 3.8) is 0 Å². The van der Waals surface area contributed by atoms with Crippen molar-refractivity contribution >= 4 is 69.7 Å². The van der Waals surface area contributed by atoms with Gasteiger partial charge < -0.3 is 41.1 Å². The third kappa shape index (κ3) is 10.4. The van der Waals surface area contributed by atoms with Crippen LogP contribution in [0.3, 0.4) is 0 Å². The number of rotatable bonds is 14. The van der Waals surface area contributed by atoms with E-state index in [0.29, 0.717) is 40.7 Å². The van der Waals surface area contributed by atoms with E-state index < -0.39 is 29.5 Å². The van der Waals surface area contributed by atoms with Crippen molar-refractivity contribution < 1.29 is 29.1 Å². The lowest BCUT2D eigenvalue weighted by molar-refractivity contribution is -0.144. The summed E-state index contributed by atoms with van der Waals surface area (Å²) in [7, 11) is 1.74. The van der Waals surface area contributed by atoms with E-state index in [0.717, 1.165) is 53.1 Å². The molecule has 0 unspecified atom stereocenters. The molecule has 68 heavy (non-hydrogen) atoms. The summed E-state index contributed by atoms with van der Waals surface area (Å²) in [6, 6.07) is 20.4. The Hall–Kier alpha value is -6.72. The molecule has 4 heterocycles. The zero-order chi connectivity index (χ0) is 48.3. The van der Waals surface area contributed by atoms with Crippen LogP contribution >= 0.6 is 11.3 Å². The Labute approximate surface area is 401 Å². The minimum Gasteiger partial charge on any atom is -0.391 e. The quantitative estimate of drug-likeness (QED) is 0.0705. The number of fused-ring (bicyclic) bond motifs is 2. The predicted molar refractivity (Wildman–Crippen MR) is 263 cm³/mol. The fraction of sp³-hybridized carbons (Fsp3) is 0.412. The summed E-state index contributed by atoms with van der Waals surface area (Å²) in [4.78, 5) is 88.0. The highest BCUT2D eigenvalue weighted by atomic mass is 32.1. The summed E-state index contributed by atoms with van der Waals surface area (Å²) in [6.45, 7) is 9.54. The van der Waals surface area contributed by atoms with E-state index in [1.165, 1.54) is 4.90 Å². The molecular formula is C51H60N10O6S. The van der Waals surface area contributed by atoms with Gasteiger partial charge in [-0.3, -0.25) is 24.0 Å². The first-order valence-electron chi connectivity index (χ1n) is 23.3.